The van der Waals surface area contributed by atoms with Crippen molar-refractivity contribution < 1.29 is 21.9 Å². The lowest BCUT2D eigenvalue weighted by atomic mass is 10.1. The molecule has 1 saturated heterocycles. The van der Waals surface area contributed by atoms with Gasteiger partial charge in [0.25, 0.3) is 0 Å². The van der Waals surface area contributed by atoms with Crippen LogP contribution in [0.2, 0.25) is 0 Å². The number of hydrogen-bond donors (Lipinski definition) is 2. The molecule has 1 aliphatic heterocycles. The largest absolute Gasteiger partial charge is 0.399 e. The third-order valence-corrected chi connectivity index (χ3v) is 4.37. The number of nitrogens with two attached hydrogens (primary N) is 1. The number of nitrogen functional groups attached to an aromatic ring is 1. The first kappa shape index (κ1) is 14.2. The summed E-state index contributed by atoms with van der Waals surface area (Å²) in [5.74, 6) is -2.71. The lowest BCUT2D eigenvalue weighted by Gasteiger charge is -2.23. The zero-order valence-corrected chi connectivity index (χ0v) is 10.8. The molecule has 0 bridgehead atoms. The van der Waals surface area contributed by atoms with Gasteiger partial charge in [-0.1, -0.05) is 0 Å². The van der Waals surface area contributed by atoms with Crippen LogP contribution in [0.4, 0.5) is 14.5 Å². The number of benzene rings is 1. The third-order valence-electron chi connectivity index (χ3n) is 2.85. The highest BCUT2D eigenvalue weighted by Gasteiger charge is 2.26. The summed E-state index contributed by atoms with van der Waals surface area (Å²) in [4.78, 5) is -0.767. The molecule has 0 aliphatic carbocycles. The molecule has 19 heavy (non-hydrogen) atoms. The summed E-state index contributed by atoms with van der Waals surface area (Å²) in [6, 6.07) is 1.30. The Labute approximate surface area is 109 Å². The van der Waals surface area contributed by atoms with Gasteiger partial charge in [-0.15, -0.1) is 0 Å². The van der Waals surface area contributed by atoms with E-state index in [0.29, 0.717) is 26.1 Å². The zero-order valence-electron chi connectivity index (χ0n) is 10.0. The van der Waals surface area contributed by atoms with Crippen molar-refractivity contribution in [2.75, 3.05) is 18.9 Å². The Bertz CT molecular complexity index is 572. The van der Waals surface area contributed by atoms with Gasteiger partial charge >= 0.3 is 0 Å². The molecule has 3 N–H and O–H groups in total. The fourth-order valence-electron chi connectivity index (χ4n) is 1.88. The Morgan fingerprint density at radius 2 is 1.89 bits per heavy atom. The van der Waals surface area contributed by atoms with E-state index >= 15 is 0 Å². The number of halogens is 2. The Morgan fingerprint density at radius 3 is 2.53 bits per heavy atom. The van der Waals surface area contributed by atoms with Crippen LogP contribution in [0, 0.1) is 11.6 Å². The van der Waals surface area contributed by atoms with E-state index in [1.807, 2.05) is 0 Å². The van der Waals surface area contributed by atoms with E-state index in [-0.39, 0.29) is 11.7 Å². The van der Waals surface area contributed by atoms with Crippen LogP contribution in [0.3, 0.4) is 0 Å². The number of rotatable bonds is 3. The summed E-state index contributed by atoms with van der Waals surface area (Å²) < 4.78 is 58.2. The highest BCUT2D eigenvalue weighted by atomic mass is 32.2. The van der Waals surface area contributed by atoms with Crippen LogP contribution in [0.25, 0.3) is 0 Å². The zero-order chi connectivity index (χ0) is 14.0. The van der Waals surface area contributed by atoms with Crippen molar-refractivity contribution in [1.29, 1.82) is 0 Å². The maximum Gasteiger partial charge on any atom is 0.243 e. The van der Waals surface area contributed by atoms with Crippen LogP contribution < -0.4 is 10.5 Å². The number of hydrogen-bond acceptors (Lipinski definition) is 4. The predicted octanol–water partition coefficient (Wildman–Crippen LogP) is 1.00. The van der Waals surface area contributed by atoms with Gasteiger partial charge < -0.3 is 10.5 Å². The Balaban J connectivity index is 2.28. The van der Waals surface area contributed by atoms with E-state index in [0.717, 1.165) is 12.1 Å². The second-order valence-corrected chi connectivity index (χ2v) is 6.01. The molecule has 5 nitrogen and oxygen atoms in total. The molecule has 1 aliphatic rings. The van der Waals surface area contributed by atoms with Gasteiger partial charge in [0.15, 0.2) is 11.6 Å². The Hall–Kier alpha value is -1.25. The molecule has 0 aromatic heterocycles. The van der Waals surface area contributed by atoms with E-state index in [1.165, 1.54) is 0 Å². The van der Waals surface area contributed by atoms with Gasteiger partial charge in [-0.25, -0.2) is 21.9 Å². The van der Waals surface area contributed by atoms with Crippen molar-refractivity contribution in [1.82, 2.24) is 4.72 Å². The normalized spacial score (nSPS) is 17.6. The van der Waals surface area contributed by atoms with Crippen molar-refractivity contribution in [2.45, 2.75) is 23.8 Å². The van der Waals surface area contributed by atoms with E-state index in [1.54, 1.807) is 0 Å². The first-order chi connectivity index (χ1) is 8.90. The van der Waals surface area contributed by atoms with Gasteiger partial charge in [-0.3, -0.25) is 0 Å². The van der Waals surface area contributed by atoms with Gasteiger partial charge in [0, 0.05) is 24.9 Å². The van der Waals surface area contributed by atoms with Crippen LogP contribution in [-0.2, 0) is 14.8 Å². The standard InChI is InChI=1S/C11H14F2N2O3S/c12-9-5-7(14)6-10(11(9)13)19(16,17)15-8-1-3-18-4-2-8/h5-6,8,15H,1-4,14H2. The number of ether oxygens (including phenoxy) is 1. The predicted molar refractivity (Wildman–Crippen MR) is 64.9 cm³/mol. The van der Waals surface area contributed by atoms with Crippen LogP contribution in [0.5, 0.6) is 0 Å². The molecule has 0 spiro atoms. The average Bonchev–Trinajstić information content (AvgIpc) is 2.34. The molecule has 2 rings (SSSR count). The molecular weight excluding hydrogens is 278 g/mol. The molecule has 0 unspecified atom stereocenters. The average molecular weight is 292 g/mol. The number of sulfonamides is 1. The quantitative estimate of drug-likeness (QED) is 0.815. The minimum atomic E-state index is -4.14. The molecule has 106 valence electrons. The lowest BCUT2D eigenvalue weighted by Crippen LogP contribution is -2.39. The highest BCUT2D eigenvalue weighted by molar-refractivity contribution is 7.89. The third kappa shape index (κ3) is 3.20. The monoisotopic (exact) mass is 292 g/mol. The summed E-state index contributed by atoms with van der Waals surface area (Å²) >= 11 is 0. The van der Waals surface area contributed by atoms with Crippen molar-refractivity contribution >= 4 is 15.7 Å². The topological polar surface area (TPSA) is 81.4 Å². The Morgan fingerprint density at radius 1 is 1.26 bits per heavy atom. The summed E-state index contributed by atoms with van der Waals surface area (Å²) in [5.41, 5.74) is 5.19. The molecule has 1 fully saturated rings. The summed E-state index contributed by atoms with van der Waals surface area (Å²) in [7, 11) is -4.14. The molecule has 0 amide bonds. The first-order valence-corrected chi connectivity index (χ1v) is 7.23. The minimum absolute atomic E-state index is 0.147. The van der Waals surface area contributed by atoms with Crippen LogP contribution in [-0.4, -0.2) is 27.7 Å². The van der Waals surface area contributed by atoms with E-state index in [4.69, 9.17) is 10.5 Å². The smallest absolute Gasteiger partial charge is 0.243 e. The van der Waals surface area contributed by atoms with Crippen molar-refractivity contribution in [3.8, 4) is 0 Å². The molecule has 1 heterocycles. The summed E-state index contributed by atoms with van der Waals surface area (Å²) in [5, 5.41) is 0. The van der Waals surface area contributed by atoms with Gasteiger partial charge in [0.2, 0.25) is 10.0 Å². The maximum absolute atomic E-state index is 13.6. The second kappa shape index (κ2) is 5.40. The SMILES string of the molecule is Nc1cc(F)c(F)c(S(=O)(=O)NC2CCOCC2)c1. The molecule has 8 heteroatoms. The molecule has 0 saturated carbocycles. The summed E-state index contributed by atoms with van der Waals surface area (Å²) in [6.07, 6.45) is 0.983. The van der Waals surface area contributed by atoms with Crippen molar-refractivity contribution in [3.63, 3.8) is 0 Å². The molecule has 0 radical (unpaired) electrons. The number of anilines is 1. The Kier molecular flexibility index (Phi) is 4.02. The van der Waals surface area contributed by atoms with Crippen molar-refractivity contribution in [3.05, 3.63) is 23.8 Å². The molecule has 1 aromatic carbocycles. The van der Waals surface area contributed by atoms with E-state index < -0.39 is 26.6 Å². The van der Waals surface area contributed by atoms with E-state index in [9.17, 15) is 17.2 Å². The van der Waals surface area contributed by atoms with Gasteiger partial charge in [-0.05, 0) is 25.0 Å². The fraction of sp³-hybridized carbons (Fsp3) is 0.455. The van der Waals surface area contributed by atoms with Crippen molar-refractivity contribution in [2.24, 2.45) is 0 Å². The van der Waals surface area contributed by atoms with Crippen LogP contribution in [0.15, 0.2) is 17.0 Å². The van der Waals surface area contributed by atoms with Gasteiger partial charge in [0.1, 0.15) is 4.90 Å². The fourth-order valence-corrected chi connectivity index (χ4v) is 3.30. The molecule has 1 aromatic rings. The van der Waals surface area contributed by atoms with Gasteiger partial charge in [0.05, 0.1) is 0 Å². The number of nitrogens with one attached hydrogen (secondary N) is 1. The lowest BCUT2D eigenvalue weighted by molar-refractivity contribution is 0.0832. The van der Waals surface area contributed by atoms with Crippen LogP contribution in [0.1, 0.15) is 12.8 Å². The van der Waals surface area contributed by atoms with Gasteiger partial charge in [-0.2, -0.15) is 0 Å². The maximum atomic E-state index is 13.6. The molecular formula is C11H14F2N2O3S. The second-order valence-electron chi connectivity index (χ2n) is 4.32. The highest BCUT2D eigenvalue weighted by Crippen LogP contribution is 2.22. The minimum Gasteiger partial charge on any atom is -0.399 e. The first-order valence-electron chi connectivity index (χ1n) is 5.75. The summed E-state index contributed by atoms with van der Waals surface area (Å²) in [6.45, 7) is 0.863. The van der Waals surface area contributed by atoms with Crippen LogP contribution >= 0.6 is 0 Å². The molecule has 0 atom stereocenters. The van der Waals surface area contributed by atoms with E-state index in [2.05, 4.69) is 4.72 Å².